The first-order valence-corrected chi connectivity index (χ1v) is 8.71. The first-order chi connectivity index (χ1) is 11.8. The summed E-state index contributed by atoms with van der Waals surface area (Å²) in [6.45, 7) is 1.86. The van der Waals surface area contributed by atoms with Crippen molar-refractivity contribution in [2.24, 2.45) is 0 Å². The maximum absolute atomic E-state index is 12.8. The lowest BCUT2D eigenvalue weighted by molar-refractivity contribution is 0.0924. The standard InChI is InChI=1S/C18H22N4O2/c23-18(16-17(24-11-21-16)13-6-2-8-19-10-13)22-14-7-1-4-12-5-3-9-20-15(12)14/h3,5,9,11,13-14,19H,1-2,4,6-8,10H2,(H,22,23)/t13?,14-/m0/s1. The zero-order chi connectivity index (χ0) is 16.4. The predicted molar refractivity (Wildman–Crippen MR) is 88.7 cm³/mol. The second-order valence-electron chi connectivity index (χ2n) is 6.57. The lowest BCUT2D eigenvalue weighted by atomic mass is 9.91. The van der Waals surface area contributed by atoms with Crippen LogP contribution in [0.2, 0.25) is 0 Å². The molecule has 1 unspecified atom stereocenters. The van der Waals surface area contributed by atoms with E-state index in [0.29, 0.717) is 11.5 Å². The van der Waals surface area contributed by atoms with Crippen molar-refractivity contribution in [2.45, 2.75) is 44.1 Å². The van der Waals surface area contributed by atoms with Crippen LogP contribution in [-0.2, 0) is 6.42 Å². The summed E-state index contributed by atoms with van der Waals surface area (Å²) in [5.74, 6) is 0.767. The number of piperidine rings is 1. The Balaban J connectivity index is 1.53. The zero-order valence-electron chi connectivity index (χ0n) is 13.6. The summed E-state index contributed by atoms with van der Waals surface area (Å²) in [7, 11) is 0. The summed E-state index contributed by atoms with van der Waals surface area (Å²) < 4.78 is 5.56. The largest absolute Gasteiger partial charge is 0.447 e. The molecular weight excluding hydrogens is 304 g/mol. The summed E-state index contributed by atoms with van der Waals surface area (Å²) >= 11 is 0. The van der Waals surface area contributed by atoms with Gasteiger partial charge < -0.3 is 15.1 Å². The van der Waals surface area contributed by atoms with Crippen LogP contribution >= 0.6 is 0 Å². The van der Waals surface area contributed by atoms with Crippen molar-refractivity contribution < 1.29 is 9.21 Å². The molecule has 24 heavy (non-hydrogen) atoms. The van der Waals surface area contributed by atoms with Crippen molar-refractivity contribution in [3.63, 3.8) is 0 Å². The number of pyridine rings is 1. The van der Waals surface area contributed by atoms with Gasteiger partial charge in [-0.15, -0.1) is 0 Å². The summed E-state index contributed by atoms with van der Waals surface area (Å²) in [6.07, 6.45) is 8.28. The van der Waals surface area contributed by atoms with Crippen LogP contribution in [0.1, 0.15) is 65.1 Å². The minimum atomic E-state index is -0.159. The van der Waals surface area contributed by atoms with Gasteiger partial charge in [-0.1, -0.05) is 6.07 Å². The lowest BCUT2D eigenvalue weighted by Gasteiger charge is -2.25. The molecule has 1 amide bonds. The predicted octanol–water partition coefficient (Wildman–Crippen LogP) is 2.34. The summed E-state index contributed by atoms with van der Waals surface area (Å²) in [6, 6.07) is 4.00. The van der Waals surface area contributed by atoms with E-state index in [1.807, 2.05) is 6.07 Å². The molecular formula is C18H22N4O2. The Morgan fingerprint density at radius 2 is 2.25 bits per heavy atom. The molecule has 4 rings (SSSR count). The Morgan fingerprint density at radius 1 is 1.29 bits per heavy atom. The fraction of sp³-hybridized carbons (Fsp3) is 0.500. The van der Waals surface area contributed by atoms with Crippen molar-refractivity contribution in [1.82, 2.24) is 20.6 Å². The first-order valence-electron chi connectivity index (χ1n) is 8.71. The van der Waals surface area contributed by atoms with Gasteiger partial charge in [0.05, 0.1) is 11.7 Å². The molecule has 6 heteroatoms. The van der Waals surface area contributed by atoms with Gasteiger partial charge in [0.1, 0.15) is 5.76 Å². The molecule has 2 aliphatic rings. The maximum atomic E-state index is 12.8. The summed E-state index contributed by atoms with van der Waals surface area (Å²) in [5.41, 5.74) is 2.64. The van der Waals surface area contributed by atoms with Gasteiger partial charge in [0.25, 0.3) is 5.91 Å². The molecule has 1 aliphatic heterocycles. The van der Waals surface area contributed by atoms with Crippen molar-refractivity contribution in [3.8, 4) is 0 Å². The van der Waals surface area contributed by atoms with E-state index in [1.165, 1.54) is 12.0 Å². The molecule has 1 aliphatic carbocycles. The van der Waals surface area contributed by atoms with Crippen molar-refractivity contribution >= 4 is 5.91 Å². The third kappa shape index (κ3) is 2.94. The lowest BCUT2D eigenvalue weighted by Crippen LogP contribution is -2.34. The van der Waals surface area contributed by atoms with E-state index < -0.39 is 0 Å². The number of rotatable bonds is 3. The number of hydrogen-bond acceptors (Lipinski definition) is 5. The number of fused-ring (bicyclic) bond motifs is 1. The molecule has 2 atom stereocenters. The van der Waals surface area contributed by atoms with Crippen LogP contribution in [0.3, 0.4) is 0 Å². The average Bonchev–Trinajstić information content (AvgIpc) is 3.13. The molecule has 0 bridgehead atoms. The number of hydrogen-bond donors (Lipinski definition) is 2. The van der Waals surface area contributed by atoms with Gasteiger partial charge in [-0.25, -0.2) is 4.98 Å². The van der Waals surface area contributed by atoms with E-state index in [2.05, 4.69) is 26.7 Å². The molecule has 0 radical (unpaired) electrons. The Bertz CT molecular complexity index is 721. The highest BCUT2D eigenvalue weighted by molar-refractivity contribution is 5.93. The second-order valence-corrected chi connectivity index (χ2v) is 6.57. The molecule has 2 aromatic heterocycles. The van der Waals surface area contributed by atoms with Gasteiger partial charge in [-0.2, -0.15) is 0 Å². The third-order valence-electron chi connectivity index (χ3n) is 4.98. The van der Waals surface area contributed by atoms with E-state index in [1.54, 1.807) is 6.20 Å². The molecule has 1 fully saturated rings. The monoisotopic (exact) mass is 326 g/mol. The van der Waals surface area contributed by atoms with Crippen LogP contribution in [0.15, 0.2) is 29.1 Å². The molecule has 2 aromatic rings. The van der Waals surface area contributed by atoms with Crippen LogP contribution in [0.4, 0.5) is 0 Å². The fourth-order valence-electron chi connectivity index (χ4n) is 3.77. The van der Waals surface area contributed by atoms with E-state index in [9.17, 15) is 4.79 Å². The Kier molecular flexibility index (Phi) is 4.30. The molecule has 0 spiro atoms. The number of aryl methyl sites for hydroxylation is 1. The zero-order valence-corrected chi connectivity index (χ0v) is 13.6. The van der Waals surface area contributed by atoms with Crippen LogP contribution in [0.5, 0.6) is 0 Å². The van der Waals surface area contributed by atoms with Gasteiger partial charge in [-0.3, -0.25) is 9.78 Å². The van der Waals surface area contributed by atoms with Gasteiger partial charge in [0.15, 0.2) is 12.1 Å². The third-order valence-corrected chi connectivity index (χ3v) is 4.98. The molecule has 0 aromatic carbocycles. The number of nitrogens with zero attached hydrogens (tertiary/aromatic N) is 2. The normalized spacial score (nSPS) is 23.5. The van der Waals surface area contributed by atoms with Crippen LogP contribution in [-0.4, -0.2) is 29.0 Å². The molecule has 3 heterocycles. The SMILES string of the molecule is O=C(N[C@H]1CCCc2cccnc21)c1ncoc1C1CCCNC1. The molecule has 1 saturated heterocycles. The minimum absolute atomic E-state index is 0.0449. The number of amides is 1. The van der Waals surface area contributed by atoms with Gasteiger partial charge >= 0.3 is 0 Å². The van der Waals surface area contributed by atoms with Crippen LogP contribution < -0.4 is 10.6 Å². The van der Waals surface area contributed by atoms with E-state index in [0.717, 1.165) is 50.9 Å². The average molecular weight is 326 g/mol. The first kappa shape index (κ1) is 15.3. The van der Waals surface area contributed by atoms with Crippen molar-refractivity contribution in [1.29, 1.82) is 0 Å². The van der Waals surface area contributed by atoms with E-state index in [-0.39, 0.29) is 17.9 Å². The highest BCUT2D eigenvalue weighted by Crippen LogP contribution is 2.29. The highest BCUT2D eigenvalue weighted by atomic mass is 16.3. The Hall–Kier alpha value is -2.21. The minimum Gasteiger partial charge on any atom is -0.447 e. The Morgan fingerprint density at radius 3 is 3.12 bits per heavy atom. The number of carbonyl (C=O) groups excluding carboxylic acids is 1. The van der Waals surface area contributed by atoms with Gasteiger partial charge in [0, 0.05) is 18.7 Å². The summed E-state index contributed by atoms with van der Waals surface area (Å²) in [5, 5.41) is 6.47. The van der Waals surface area contributed by atoms with Crippen LogP contribution in [0, 0.1) is 0 Å². The molecule has 2 N–H and O–H groups in total. The summed E-state index contributed by atoms with van der Waals surface area (Å²) in [4.78, 5) is 21.4. The number of aromatic nitrogens is 2. The highest BCUT2D eigenvalue weighted by Gasteiger charge is 2.29. The van der Waals surface area contributed by atoms with E-state index in [4.69, 9.17) is 4.42 Å². The molecule has 6 nitrogen and oxygen atoms in total. The topological polar surface area (TPSA) is 80.1 Å². The van der Waals surface area contributed by atoms with Gasteiger partial charge in [-0.05, 0) is 50.3 Å². The smallest absolute Gasteiger partial charge is 0.274 e. The maximum Gasteiger partial charge on any atom is 0.274 e. The quantitative estimate of drug-likeness (QED) is 0.905. The number of carbonyl (C=O) groups is 1. The molecule has 126 valence electrons. The Labute approximate surface area is 141 Å². The molecule has 0 saturated carbocycles. The van der Waals surface area contributed by atoms with Crippen molar-refractivity contribution in [2.75, 3.05) is 13.1 Å². The fourth-order valence-corrected chi connectivity index (χ4v) is 3.77. The second kappa shape index (κ2) is 6.73. The van der Waals surface area contributed by atoms with Crippen LogP contribution in [0.25, 0.3) is 0 Å². The number of oxazole rings is 1. The van der Waals surface area contributed by atoms with Gasteiger partial charge in [0.2, 0.25) is 0 Å². The number of nitrogens with one attached hydrogen (secondary N) is 2. The van der Waals surface area contributed by atoms with E-state index >= 15 is 0 Å². The van der Waals surface area contributed by atoms with Crippen molar-refractivity contribution in [3.05, 3.63) is 47.4 Å².